The van der Waals surface area contributed by atoms with Gasteiger partial charge in [-0.05, 0) is 19.9 Å². The van der Waals surface area contributed by atoms with Crippen LogP contribution in [-0.2, 0) is 4.79 Å². The highest BCUT2D eigenvalue weighted by molar-refractivity contribution is 5.84. The molecule has 2 amide bonds. The van der Waals surface area contributed by atoms with Crippen LogP contribution in [-0.4, -0.2) is 18.5 Å². The van der Waals surface area contributed by atoms with Gasteiger partial charge in [0.05, 0.1) is 5.92 Å². The van der Waals surface area contributed by atoms with Gasteiger partial charge in [0.1, 0.15) is 5.75 Å². The first-order chi connectivity index (χ1) is 8.06. The number of carbonyl (C=O) groups excluding carboxylic acids is 2. The molecule has 17 heavy (non-hydrogen) atoms. The Balaban J connectivity index is 2.95. The average Bonchev–Trinajstić information content (AvgIpc) is 2.28. The lowest BCUT2D eigenvalue weighted by atomic mass is 9.99. The van der Waals surface area contributed by atoms with Gasteiger partial charge in [0.25, 0.3) is 0 Å². The summed E-state index contributed by atoms with van der Waals surface area (Å²) < 4.78 is 4.85. The molecule has 0 aliphatic rings. The number of carbonyl (C=O) groups is 2. The first-order valence-corrected chi connectivity index (χ1v) is 5.40. The van der Waals surface area contributed by atoms with Crippen molar-refractivity contribution in [2.24, 2.45) is 5.73 Å². The second-order valence-corrected chi connectivity index (χ2v) is 3.58. The van der Waals surface area contributed by atoms with Gasteiger partial charge in [-0.3, -0.25) is 4.79 Å². The number of rotatable bonds is 4. The molecule has 1 aromatic carbocycles. The third-order valence-electron chi connectivity index (χ3n) is 2.34. The molecule has 3 N–H and O–H groups in total. The fourth-order valence-corrected chi connectivity index (χ4v) is 1.51. The van der Waals surface area contributed by atoms with E-state index in [0.29, 0.717) is 17.9 Å². The van der Waals surface area contributed by atoms with Gasteiger partial charge in [0, 0.05) is 12.1 Å². The first kappa shape index (κ1) is 13.0. The van der Waals surface area contributed by atoms with Crippen LogP contribution in [0.25, 0.3) is 0 Å². The number of nitrogens with two attached hydrogens (primary N) is 1. The van der Waals surface area contributed by atoms with Gasteiger partial charge in [-0.1, -0.05) is 18.2 Å². The van der Waals surface area contributed by atoms with Crippen molar-refractivity contribution in [2.45, 2.75) is 19.8 Å². The zero-order valence-corrected chi connectivity index (χ0v) is 9.90. The highest BCUT2D eigenvalue weighted by Crippen LogP contribution is 2.26. The third-order valence-corrected chi connectivity index (χ3v) is 2.34. The van der Waals surface area contributed by atoms with E-state index in [1.165, 1.54) is 0 Å². The number of para-hydroxylation sites is 1. The molecule has 0 saturated heterocycles. The van der Waals surface area contributed by atoms with E-state index >= 15 is 0 Å². The topological polar surface area (TPSA) is 81.4 Å². The van der Waals surface area contributed by atoms with Crippen LogP contribution in [0.5, 0.6) is 5.75 Å². The standard InChI is InChI=1S/C12H16N2O3/c1-3-14-11(15)8(2)9-6-4-5-7-10(9)17-12(13)16/h4-8H,3H2,1-2H3,(H2,13,16)(H,14,15)/t8-/m1/s1. The molecule has 1 aromatic rings. The molecule has 0 aromatic heterocycles. The van der Waals surface area contributed by atoms with E-state index in [4.69, 9.17) is 10.5 Å². The minimum Gasteiger partial charge on any atom is -0.410 e. The molecule has 0 aliphatic heterocycles. The van der Waals surface area contributed by atoms with Crippen LogP contribution in [0.2, 0.25) is 0 Å². The quantitative estimate of drug-likeness (QED) is 0.828. The maximum Gasteiger partial charge on any atom is 0.409 e. The summed E-state index contributed by atoms with van der Waals surface area (Å²) in [6.45, 7) is 4.15. The monoisotopic (exact) mass is 236 g/mol. The SMILES string of the molecule is CCNC(=O)[C@H](C)c1ccccc1OC(N)=O. The maximum atomic E-state index is 11.7. The highest BCUT2D eigenvalue weighted by Gasteiger charge is 2.19. The van der Waals surface area contributed by atoms with E-state index in [9.17, 15) is 9.59 Å². The summed E-state index contributed by atoms with van der Waals surface area (Å²) in [4.78, 5) is 22.4. The fraction of sp³-hybridized carbons (Fsp3) is 0.333. The number of hydrogen-bond donors (Lipinski definition) is 2. The fourth-order valence-electron chi connectivity index (χ4n) is 1.51. The summed E-state index contributed by atoms with van der Waals surface area (Å²) in [5.74, 6) is -0.197. The van der Waals surface area contributed by atoms with Crippen LogP contribution in [0.3, 0.4) is 0 Å². The van der Waals surface area contributed by atoms with Gasteiger partial charge in [-0.25, -0.2) is 4.79 Å². The molecule has 5 nitrogen and oxygen atoms in total. The Bertz CT molecular complexity index is 418. The van der Waals surface area contributed by atoms with E-state index in [1.807, 2.05) is 6.92 Å². The number of likely N-dealkylation sites (N-methyl/N-ethyl adjacent to an activating group) is 1. The number of nitrogens with one attached hydrogen (secondary N) is 1. The molecule has 0 heterocycles. The molecule has 0 saturated carbocycles. The Hall–Kier alpha value is -2.04. The molecular weight excluding hydrogens is 220 g/mol. The van der Waals surface area contributed by atoms with Crippen molar-refractivity contribution in [3.8, 4) is 5.75 Å². The molecule has 1 atom stereocenters. The molecule has 0 aliphatic carbocycles. The van der Waals surface area contributed by atoms with Crippen molar-refractivity contribution in [3.63, 3.8) is 0 Å². The Kier molecular flexibility index (Phi) is 4.51. The summed E-state index contributed by atoms with van der Waals surface area (Å²) in [6, 6.07) is 6.83. The van der Waals surface area contributed by atoms with Crippen LogP contribution < -0.4 is 15.8 Å². The summed E-state index contributed by atoms with van der Waals surface area (Å²) in [6.07, 6.45) is -0.888. The molecule has 0 radical (unpaired) electrons. The van der Waals surface area contributed by atoms with E-state index in [-0.39, 0.29) is 5.91 Å². The lowest BCUT2D eigenvalue weighted by Gasteiger charge is -2.14. The van der Waals surface area contributed by atoms with Gasteiger partial charge in [-0.15, -0.1) is 0 Å². The molecule has 0 unspecified atom stereocenters. The molecule has 0 bridgehead atoms. The first-order valence-electron chi connectivity index (χ1n) is 5.40. The van der Waals surface area contributed by atoms with Crippen LogP contribution in [0.4, 0.5) is 4.79 Å². The van der Waals surface area contributed by atoms with E-state index in [2.05, 4.69) is 5.32 Å². The smallest absolute Gasteiger partial charge is 0.409 e. The second-order valence-electron chi connectivity index (χ2n) is 3.58. The third kappa shape index (κ3) is 3.48. The zero-order valence-electron chi connectivity index (χ0n) is 9.90. The molecule has 92 valence electrons. The van der Waals surface area contributed by atoms with Crippen LogP contribution in [0.15, 0.2) is 24.3 Å². The minimum atomic E-state index is -0.888. The molecule has 0 spiro atoms. The summed E-state index contributed by atoms with van der Waals surface area (Å²) in [5.41, 5.74) is 5.60. The lowest BCUT2D eigenvalue weighted by Crippen LogP contribution is -2.28. The van der Waals surface area contributed by atoms with Crippen molar-refractivity contribution >= 4 is 12.0 Å². The number of amides is 2. The normalized spacial score (nSPS) is 11.6. The summed E-state index contributed by atoms with van der Waals surface area (Å²) in [5, 5.41) is 2.71. The molecular formula is C12H16N2O3. The number of primary amides is 1. The van der Waals surface area contributed by atoms with E-state index in [1.54, 1.807) is 31.2 Å². The number of hydrogen-bond acceptors (Lipinski definition) is 3. The average molecular weight is 236 g/mol. The lowest BCUT2D eigenvalue weighted by molar-refractivity contribution is -0.122. The van der Waals surface area contributed by atoms with Gasteiger partial charge < -0.3 is 15.8 Å². The van der Waals surface area contributed by atoms with E-state index in [0.717, 1.165) is 0 Å². The Morgan fingerprint density at radius 2 is 2.06 bits per heavy atom. The van der Waals surface area contributed by atoms with Crippen molar-refractivity contribution in [2.75, 3.05) is 6.54 Å². The molecule has 1 rings (SSSR count). The highest BCUT2D eigenvalue weighted by atomic mass is 16.5. The number of ether oxygens (including phenoxy) is 1. The largest absolute Gasteiger partial charge is 0.410 e. The van der Waals surface area contributed by atoms with Crippen molar-refractivity contribution in [3.05, 3.63) is 29.8 Å². The summed E-state index contributed by atoms with van der Waals surface area (Å²) in [7, 11) is 0. The van der Waals surface area contributed by atoms with Crippen molar-refractivity contribution in [1.82, 2.24) is 5.32 Å². The van der Waals surface area contributed by atoms with Crippen LogP contribution >= 0.6 is 0 Å². The van der Waals surface area contributed by atoms with Crippen LogP contribution in [0.1, 0.15) is 25.3 Å². The molecule has 5 heteroatoms. The van der Waals surface area contributed by atoms with Gasteiger partial charge in [0.15, 0.2) is 0 Å². The van der Waals surface area contributed by atoms with Crippen molar-refractivity contribution in [1.29, 1.82) is 0 Å². The van der Waals surface area contributed by atoms with Crippen LogP contribution in [0, 0.1) is 0 Å². The predicted molar refractivity (Wildman–Crippen MR) is 63.8 cm³/mol. The zero-order chi connectivity index (χ0) is 12.8. The maximum absolute atomic E-state index is 11.7. The Morgan fingerprint density at radius 3 is 2.65 bits per heavy atom. The van der Waals surface area contributed by atoms with Crippen molar-refractivity contribution < 1.29 is 14.3 Å². The predicted octanol–water partition coefficient (Wildman–Crippen LogP) is 1.38. The Labute approximate surface area is 99.9 Å². The van der Waals surface area contributed by atoms with E-state index < -0.39 is 12.0 Å². The molecule has 0 fully saturated rings. The minimum absolute atomic E-state index is 0.118. The van der Waals surface area contributed by atoms with Gasteiger partial charge in [0.2, 0.25) is 5.91 Å². The van der Waals surface area contributed by atoms with Gasteiger partial charge in [-0.2, -0.15) is 0 Å². The van der Waals surface area contributed by atoms with Gasteiger partial charge >= 0.3 is 6.09 Å². The second kappa shape index (κ2) is 5.89. The number of benzene rings is 1. The summed E-state index contributed by atoms with van der Waals surface area (Å²) >= 11 is 0. The Morgan fingerprint density at radius 1 is 1.41 bits per heavy atom.